The molecule has 10 heteroatoms. The molecule has 24 heavy (non-hydrogen) atoms. The van der Waals surface area contributed by atoms with Crippen molar-refractivity contribution in [2.75, 3.05) is 26.0 Å². The zero-order valence-electron chi connectivity index (χ0n) is 13.2. The van der Waals surface area contributed by atoms with Crippen LogP contribution < -0.4 is 16.0 Å². The fourth-order valence-corrected chi connectivity index (χ4v) is 1.65. The summed E-state index contributed by atoms with van der Waals surface area (Å²) in [6, 6.07) is 0.0151. The summed E-state index contributed by atoms with van der Waals surface area (Å²) in [4.78, 5) is 35.9. The molecule has 0 heterocycles. The van der Waals surface area contributed by atoms with Crippen molar-refractivity contribution in [2.24, 2.45) is 0 Å². The van der Waals surface area contributed by atoms with Gasteiger partial charge in [0.2, 0.25) is 11.8 Å². The summed E-state index contributed by atoms with van der Waals surface area (Å²) in [5.74, 6) is -5.98. The standard InChI is InChI=1S/C14H17F3N4O3/c1-7(13(23)20-14(24)18-2)21(3)6-10(22)19-9-5-4-8(15)11(16)12(9)17/h4-5,7H,6H2,1-3H3,(H,19,22)(H2,18,20,23,24)/t7-/m0/s1. The molecular weight excluding hydrogens is 329 g/mol. The molecule has 0 saturated heterocycles. The Balaban J connectivity index is 2.66. The Kier molecular flexibility index (Phi) is 6.71. The van der Waals surface area contributed by atoms with Crippen LogP contribution in [-0.2, 0) is 9.59 Å². The molecule has 0 aromatic heterocycles. The summed E-state index contributed by atoms with van der Waals surface area (Å²) in [6.07, 6.45) is 0. The molecule has 4 amide bonds. The van der Waals surface area contributed by atoms with Crippen molar-refractivity contribution in [3.8, 4) is 0 Å². The van der Waals surface area contributed by atoms with Gasteiger partial charge in [0.15, 0.2) is 17.5 Å². The van der Waals surface area contributed by atoms with Gasteiger partial charge in [-0.2, -0.15) is 0 Å². The quantitative estimate of drug-likeness (QED) is 0.689. The highest BCUT2D eigenvalue weighted by atomic mass is 19.2. The van der Waals surface area contributed by atoms with Crippen molar-refractivity contribution >= 4 is 23.5 Å². The SMILES string of the molecule is CNC(=O)NC(=O)[C@H](C)N(C)CC(=O)Nc1ccc(F)c(F)c1F. The van der Waals surface area contributed by atoms with E-state index in [-0.39, 0.29) is 6.54 Å². The van der Waals surface area contributed by atoms with Crippen LogP contribution >= 0.6 is 0 Å². The Morgan fingerprint density at radius 3 is 2.38 bits per heavy atom. The van der Waals surface area contributed by atoms with Gasteiger partial charge in [-0.1, -0.05) is 0 Å². The lowest BCUT2D eigenvalue weighted by molar-refractivity contribution is -0.125. The van der Waals surface area contributed by atoms with E-state index in [0.29, 0.717) is 6.07 Å². The summed E-state index contributed by atoms with van der Waals surface area (Å²) < 4.78 is 39.4. The van der Waals surface area contributed by atoms with Crippen molar-refractivity contribution in [1.82, 2.24) is 15.5 Å². The average Bonchev–Trinajstić information content (AvgIpc) is 2.54. The number of hydrogen-bond acceptors (Lipinski definition) is 4. The van der Waals surface area contributed by atoms with Gasteiger partial charge in [0.25, 0.3) is 0 Å². The van der Waals surface area contributed by atoms with Crippen LogP contribution in [0.5, 0.6) is 0 Å². The van der Waals surface area contributed by atoms with Crippen molar-refractivity contribution in [1.29, 1.82) is 0 Å². The van der Waals surface area contributed by atoms with Crippen LogP contribution in [0.15, 0.2) is 12.1 Å². The molecule has 1 aromatic rings. The van der Waals surface area contributed by atoms with Crippen LogP contribution in [0.1, 0.15) is 6.92 Å². The normalized spacial score (nSPS) is 11.8. The smallest absolute Gasteiger partial charge is 0.321 e. The number of imide groups is 1. The number of rotatable bonds is 5. The highest BCUT2D eigenvalue weighted by Crippen LogP contribution is 2.19. The summed E-state index contributed by atoms with van der Waals surface area (Å²) in [5, 5.41) is 6.33. The van der Waals surface area contributed by atoms with Gasteiger partial charge in [-0.25, -0.2) is 18.0 Å². The molecule has 0 bridgehead atoms. The lowest BCUT2D eigenvalue weighted by Gasteiger charge is -2.22. The zero-order chi connectivity index (χ0) is 18.4. The van der Waals surface area contributed by atoms with Crippen LogP contribution in [0.2, 0.25) is 0 Å². The lowest BCUT2D eigenvalue weighted by atomic mass is 10.2. The van der Waals surface area contributed by atoms with Gasteiger partial charge in [0.05, 0.1) is 18.3 Å². The zero-order valence-corrected chi connectivity index (χ0v) is 13.2. The molecule has 0 radical (unpaired) electrons. The van der Waals surface area contributed by atoms with Crippen LogP contribution in [-0.4, -0.2) is 49.4 Å². The highest BCUT2D eigenvalue weighted by Gasteiger charge is 2.22. The second kappa shape index (κ2) is 8.29. The summed E-state index contributed by atoms with van der Waals surface area (Å²) in [5.41, 5.74) is -0.519. The van der Waals surface area contributed by atoms with Crippen LogP contribution in [0.4, 0.5) is 23.7 Å². The van der Waals surface area contributed by atoms with E-state index >= 15 is 0 Å². The Hall–Kier alpha value is -2.62. The molecule has 0 aliphatic heterocycles. The number of nitrogens with one attached hydrogen (secondary N) is 3. The second-order valence-electron chi connectivity index (χ2n) is 4.93. The van der Waals surface area contributed by atoms with Crippen molar-refractivity contribution < 1.29 is 27.6 Å². The van der Waals surface area contributed by atoms with Gasteiger partial charge in [-0.3, -0.25) is 19.8 Å². The Morgan fingerprint density at radius 1 is 1.17 bits per heavy atom. The maximum atomic E-state index is 13.5. The predicted molar refractivity (Wildman–Crippen MR) is 79.6 cm³/mol. The van der Waals surface area contributed by atoms with E-state index in [1.807, 2.05) is 5.32 Å². The number of nitrogens with zero attached hydrogens (tertiary/aromatic N) is 1. The van der Waals surface area contributed by atoms with E-state index in [1.54, 1.807) is 0 Å². The maximum absolute atomic E-state index is 13.5. The van der Waals surface area contributed by atoms with Gasteiger partial charge in [-0.05, 0) is 26.1 Å². The van der Waals surface area contributed by atoms with Gasteiger partial charge < -0.3 is 10.6 Å². The van der Waals surface area contributed by atoms with Gasteiger partial charge in [0, 0.05) is 7.05 Å². The minimum absolute atomic E-state index is 0.346. The van der Waals surface area contributed by atoms with E-state index in [0.717, 1.165) is 6.07 Å². The Bertz CT molecular complexity index is 654. The van der Waals surface area contributed by atoms with Crippen LogP contribution in [0.3, 0.4) is 0 Å². The number of halogens is 3. The van der Waals surface area contributed by atoms with E-state index < -0.39 is 47.0 Å². The molecule has 0 unspecified atom stereocenters. The second-order valence-corrected chi connectivity index (χ2v) is 4.93. The third-order valence-electron chi connectivity index (χ3n) is 3.21. The number of anilines is 1. The molecule has 0 aliphatic carbocycles. The summed E-state index contributed by atoms with van der Waals surface area (Å²) in [7, 11) is 2.76. The summed E-state index contributed by atoms with van der Waals surface area (Å²) in [6.45, 7) is 1.10. The minimum Gasteiger partial charge on any atom is -0.341 e. The van der Waals surface area contributed by atoms with E-state index in [2.05, 4.69) is 10.6 Å². The molecule has 0 aliphatic rings. The number of likely N-dealkylation sites (N-methyl/N-ethyl adjacent to an activating group) is 1. The maximum Gasteiger partial charge on any atom is 0.321 e. The van der Waals surface area contributed by atoms with E-state index in [4.69, 9.17) is 0 Å². The predicted octanol–water partition coefficient (Wildman–Crippen LogP) is 0.818. The molecule has 0 spiro atoms. The Morgan fingerprint density at radius 2 is 1.79 bits per heavy atom. The van der Waals surface area contributed by atoms with Crippen LogP contribution in [0.25, 0.3) is 0 Å². The van der Waals surface area contributed by atoms with Gasteiger partial charge in [-0.15, -0.1) is 0 Å². The average molecular weight is 346 g/mol. The molecular formula is C14H17F3N4O3. The fraction of sp³-hybridized carbons (Fsp3) is 0.357. The van der Waals surface area contributed by atoms with Crippen molar-refractivity contribution in [3.63, 3.8) is 0 Å². The molecule has 1 atom stereocenters. The third-order valence-corrected chi connectivity index (χ3v) is 3.21. The molecule has 7 nitrogen and oxygen atoms in total. The Labute approximate surface area is 136 Å². The number of hydrogen-bond donors (Lipinski definition) is 3. The fourth-order valence-electron chi connectivity index (χ4n) is 1.65. The molecule has 0 saturated carbocycles. The minimum atomic E-state index is -1.69. The summed E-state index contributed by atoms with van der Waals surface area (Å²) >= 11 is 0. The first-order valence-corrected chi connectivity index (χ1v) is 6.83. The van der Waals surface area contributed by atoms with E-state index in [1.165, 1.54) is 25.9 Å². The first-order valence-electron chi connectivity index (χ1n) is 6.83. The highest BCUT2D eigenvalue weighted by molar-refractivity contribution is 5.97. The van der Waals surface area contributed by atoms with Crippen molar-refractivity contribution in [2.45, 2.75) is 13.0 Å². The monoisotopic (exact) mass is 346 g/mol. The first-order chi connectivity index (χ1) is 11.2. The number of benzene rings is 1. The number of amides is 4. The number of urea groups is 1. The molecule has 1 aromatic carbocycles. The number of carbonyl (C=O) groups is 3. The van der Waals surface area contributed by atoms with Crippen molar-refractivity contribution in [3.05, 3.63) is 29.6 Å². The van der Waals surface area contributed by atoms with E-state index in [9.17, 15) is 27.6 Å². The molecule has 1 rings (SSSR count). The molecule has 132 valence electrons. The van der Waals surface area contributed by atoms with Crippen LogP contribution in [0, 0.1) is 17.5 Å². The van der Waals surface area contributed by atoms with Gasteiger partial charge in [0.1, 0.15) is 0 Å². The third kappa shape index (κ3) is 4.95. The lowest BCUT2D eigenvalue weighted by Crippen LogP contribution is -2.49. The first kappa shape index (κ1) is 19.4. The molecule has 0 fully saturated rings. The number of carbonyl (C=O) groups excluding carboxylic acids is 3. The topological polar surface area (TPSA) is 90.5 Å². The van der Waals surface area contributed by atoms with Gasteiger partial charge >= 0.3 is 6.03 Å². The molecule has 3 N–H and O–H groups in total. The largest absolute Gasteiger partial charge is 0.341 e.